The molecule has 0 atom stereocenters. The quantitative estimate of drug-likeness (QED) is 0.773. The van der Waals surface area contributed by atoms with Gasteiger partial charge >= 0.3 is 0 Å². The Kier molecular flexibility index (Phi) is 6.02. The molecule has 1 aliphatic heterocycles. The number of likely N-dealkylation sites (tertiary alicyclic amines) is 1. The first-order chi connectivity index (χ1) is 10.2. The second kappa shape index (κ2) is 8.00. The standard InChI is InChI=1S/C16H24N2O3/c17-14-3-1-2-13(12-14)4-5-16(20)18-8-6-15(7-9-18)21-11-10-19/h1-3,12,15,19H,4-11,17H2. The number of nitrogens with zero attached hydrogens (tertiary/aromatic N) is 1. The molecule has 21 heavy (non-hydrogen) atoms. The van der Waals surface area contributed by atoms with Gasteiger partial charge in [0.1, 0.15) is 0 Å². The fourth-order valence-electron chi connectivity index (χ4n) is 2.65. The van der Waals surface area contributed by atoms with Crippen molar-refractivity contribution in [2.45, 2.75) is 31.8 Å². The molecule has 0 radical (unpaired) electrons. The smallest absolute Gasteiger partial charge is 0.222 e. The third kappa shape index (κ3) is 5.02. The lowest BCUT2D eigenvalue weighted by Crippen LogP contribution is -2.41. The van der Waals surface area contributed by atoms with E-state index < -0.39 is 0 Å². The first-order valence-electron chi connectivity index (χ1n) is 7.53. The van der Waals surface area contributed by atoms with Crippen LogP contribution in [0.5, 0.6) is 0 Å². The highest BCUT2D eigenvalue weighted by atomic mass is 16.5. The number of amides is 1. The number of rotatable bonds is 6. The van der Waals surface area contributed by atoms with E-state index in [4.69, 9.17) is 15.6 Å². The number of hydrogen-bond donors (Lipinski definition) is 2. The number of anilines is 1. The van der Waals surface area contributed by atoms with Gasteiger partial charge in [0.15, 0.2) is 0 Å². The summed E-state index contributed by atoms with van der Waals surface area (Å²) in [5.41, 5.74) is 7.58. The highest BCUT2D eigenvalue weighted by Crippen LogP contribution is 2.16. The molecule has 1 heterocycles. The molecule has 0 unspecified atom stereocenters. The van der Waals surface area contributed by atoms with Gasteiger partial charge in [0.25, 0.3) is 0 Å². The Hall–Kier alpha value is -1.59. The average molecular weight is 292 g/mol. The number of aryl methyl sites for hydroxylation is 1. The number of hydrogen-bond acceptors (Lipinski definition) is 4. The maximum absolute atomic E-state index is 12.2. The van der Waals surface area contributed by atoms with E-state index in [0.29, 0.717) is 13.0 Å². The fraction of sp³-hybridized carbons (Fsp3) is 0.562. The number of carbonyl (C=O) groups is 1. The molecule has 1 saturated heterocycles. The van der Waals surface area contributed by atoms with Crippen LogP contribution in [0.3, 0.4) is 0 Å². The number of aliphatic hydroxyl groups is 1. The average Bonchev–Trinajstić information content (AvgIpc) is 2.51. The van der Waals surface area contributed by atoms with Gasteiger partial charge in [-0.15, -0.1) is 0 Å². The third-order valence-electron chi connectivity index (χ3n) is 3.82. The summed E-state index contributed by atoms with van der Waals surface area (Å²) in [6.45, 7) is 1.92. The van der Waals surface area contributed by atoms with Gasteiger partial charge in [-0.1, -0.05) is 12.1 Å². The maximum Gasteiger partial charge on any atom is 0.222 e. The second-order valence-electron chi connectivity index (χ2n) is 5.42. The van der Waals surface area contributed by atoms with Crippen LogP contribution in [0.25, 0.3) is 0 Å². The molecule has 1 aromatic rings. The summed E-state index contributed by atoms with van der Waals surface area (Å²) in [6, 6.07) is 7.68. The Morgan fingerprint density at radius 3 is 2.81 bits per heavy atom. The Morgan fingerprint density at radius 2 is 2.14 bits per heavy atom. The van der Waals surface area contributed by atoms with Crippen LogP contribution >= 0.6 is 0 Å². The predicted octanol–water partition coefficient (Wildman–Crippen LogP) is 1.20. The molecule has 3 N–H and O–H groups in total. The van der Waals surface area contributed by atoms with Crippen LogP contribution in [0.4, 0.5) is 5.69 Å². The lowest BCUT2D eigenvalue weighted by Gasteiger charge is -2.32. The molecule has 1 amide bonds. The van der Waals surface area contributed by atoms with Crippen LogP contribution in [0.1, 0.15) is 24.8 Å². The van der Waals surface area contributed by atoms with E-state index in [-0.39, 0.29) is 18.6 Å². The van der Waals surface area contributed by atoms with E-state index in [1.807, 2.05) is 29.2 Å². The van der Waals surface area contributed by atoms with E-state index >= 15 is 0 Å². The van der Waals surface area contributed by atoms with Crippen LogP contribution in [-0.4, -0.2) is 48.3 Å². The summed E-state index contributed by atoms with van der Waals surface area (Å²) >= 11 is 0. The molecule has 0 bridgehead atoms. The predicted molar refractivity (Wildman–Crippen MR) is 81.8 cm³/mol. The molecule has 5 nitrogen and oxygen atoms in total. The summed E-state index contributed by atoms with van der Waals surface area (Å²) in [4.78, 5) is 14.1. The lowest BCUT2D eigenvalue weighted by molar-refractivity contribution is -0.133. The first kappa shape index (κ1) is 15.8. The Labute approximate surface area is 125 Å². The number of nitrogen functional groups attached to an aromatic ring is 1. The number of nitrogens with two attached hydrogens (primary N) is 1. The fourth-order valence-corrected chi connectivity index (χ4v) is 2.65. The zero-order valence-corrected chi connectivity index (χ0v) is 12.3. The molecule has 0 spiro atoms. The first-order valence-corrected chi connectivity index (χ1v) is 7.53. The van der Waals surface area contributed by atoms with Gasteiger partial charge in [0.05, 0.1) is 19.3 Å². The molecule has 1 aliphatic rings. The number of benzene rings is 1. The Bertz CT molecular complexity index is 457. The zero-order valence-electron chi connectivity index (χ0n) is 12.3. The van der Waals surface area contributed by atoms with Gasteiger partial charge in [-0.2, -0.15) is 0 Å². The highest BCUT2D eigenvalue weighted by molar-refractivity contribution is 5.76. The van der Waals surface area contributed by atoms with Crippen LogP contribution in [-0.2, 0) is 16.0 Å². The minimum absolute atomic E-state index is 0.0549. The highest BCUT2D eigenvalue weighted by Gasteiger charge is 2.22. The molecule has 1 aromatic carbocycles. The molecular formula is C16H24N2O3. The van der Waals surface area contributed by atoms with Crippen molar-refractivity contribution in [2.24, 2.45) is 0 Å². The normalized spacial score (nSPS) is 16.1. The largest absolute Gasteiger partial charge is 0.399 e. The van der Waals surface area contributed by atoms with Gasteiger partial charge in [-0.3, -0.25) is 4.79 Å². The summed E-state index contributed by atoms with van der Waals surface area (Å²) in [5, 5.41) is 8.74. The SMILES string of the molecule is Nc1cccc(CCC(=O)N2CCC(OCCO)CC2)c1. The van der Waals surface area contributed by atoms with Crippen molar-refractivity contribution in [3.8, 4) is 0 Å². The molecule has 0 saturated carbocycles. The van der Waals surface area contributed by atoms with E-state index in [2.05, 4.69) is 0 Å². The van der Waals surface area contributed by atoms with Crippen molar-refractivity contribution >= 4 is 11.6 Å². The Morgan fingerprint density at radius 1 is 1.38 bits per heavy atom. The molecule has 0 aliphatic carbocycles. The summed E-state index contributed by atoms with van der Waals surface area (Å²) in [6.07, 6.45) is 3.12. The zero-order chi connectivity index (χ0) is 15.1. The van der Waals surface area contributed by atoms with Crippen molar-refractivity contribution in [3.05, 3.63) is 29.8 Å². The van der Waals surface area contributed by atoms with Crippen molar-refractivity contribution < 1.29 is 14.6 Å². The maximum atomic E-state index is 12.2. The second-order valence-corrected chi connectivity index (χ2v) is 5.42. The summed E-state index contributed by atoms with van der Waals surface area (Å²) in [7, 11) is 0. The van der Waals surface area contributed by atoms with Gasteiger partial charge in [0.2, 0.25) is 5.91 Å². The van der Waals surface area contributed by atoms with Gasteiger partial charge < -0.3 is 20.5 Å². The van der Waals surface area contributed by atoms with E-state index in [9.17, 15) is 4.79 Å². The lowest BCUT2D eigenvalue weighted by atomic mass is 10.1. The van der Waals surface area contributed by atoms with Gasteiger partial charge in [-0.25, -0.2) is 0 Å². The van der Waals surface area contributed by atoms with Crippen LogP contribution in [0.2, 0.25) is 0 Å². The number of aliphatic hydroxyl groups excluding tert-OH is 1. The van der Waals surface area contributed by atoms with Crippen molar-refractivity contribution in [1.82, 2.24) is 4.90 Å². The van der Waals surface area contributed by atoms with Gasteiger partial charge in [-0.05, 0) is 37.0 Å². The van der Waals surface area contributed by atoms with Crippen molar-refractivity contribution in [3.63, 3.8) is 0 Å². The summed E-state index contributed by atoms with van der Waals surface area (Å²) in [5.74, 6) is 0.193. The van der Waals surface area contributed by atoms with Crippen LogP contribution < -0.4 is 5.73 Å². The molecule has 5 heteroatoms. The number of ether oxygens (including phenoxy) is 1. The summed E-state index contributed by atoms with van der Waals surface area (Å²) < 4.78 is 5.50. The monoisotopic (exact) mass is 292 g/mol. The van der Waals surface area contributed by atoms with Crippen LogP contribution in [0.15, 0.2) is 24.3 Å². The number of piperidine rings is 1. The topological polar surface area (TPSA) is 75.8 Å². The third-order valence-corrected chi connectivity index (χ3v) is 3.82. The molecule has 2 rings (SSSR count). The van der Waals surface area contributed by atoms with Gasteiger partial charge in [0, 0.05) is 25.2 Å². The molecule has 0 aromatic heterocycles. The van der Waals surface area contributed by atoms with E-state index in [0.717, 1.165) is 43.6 Å². The van der Waals surface area contributed by atoms with Crippen molar-refractivity contribution in [2.75, 3.05) is 32.0 Å². The minimum atomic E-state index is 0.0549. The molecular weight excluding hydrogens is 268 g/mol. The molecule has 116 valence electrons. The Balaban J connectivity index is 1.72. The van der Waals surface area contributed by atoms with Crippen LogP contribution in [0, 0.1) is 0 Å². The molecule has 1 fully saturated rings. The number of carbonyl (C=O) groups excluding carboxylic acids is 1. The van der Waals surface area contributed by atoms with E-state index in [1.54, 1.807) is 0 Å². The van der Waals surface area contributed by atoms with E-state index in [1.165, 1.54) is 0 Å². The minimum Gasteiger partial charge on any atom is -0.399 e. The van der Waals surface area contributed by atoms with Crippen molar-refractivity contribution in [1.29, 1.82) is 0 Å².